The van der Waals surface area contributed by atoms with Crippen molar-refractivity contribution in [1.29, 1.82) is 0 Å². The van der Waals surface area contributed by atoms with Crippen LogP contribution in [0.25, 0.3) is 0 Å². The van der Waals surface area contributed by atoms with Crippen LogP contribution >= 0.6 is 15.9 Å². The van der Waals surface area contributed by atoms with Gasteiger partial charge in [0, 0.05) is 4.47 Å². The van der Waals surface area contributed by atoms with Gasteiger partial charge in [-0.2, -0.15) is 0 Å². The van der Waals surface area contributed by atoms with Crippen LogP contribution in [-0.2, 0) is 5.41 Å². The third-order valence-electron chi connectivity index (χ3n) is 2.15. The highest BCUT2D eigenvalue weighted by atomic mass is 79.9. The molecule has 0 N–H and O–H groups in total. The standard InChI is InChI=1S/C11H14BBr/c1-7-5-8(11(2,3)4)6-9(12)10(7)13/h5-6H,1-4H3. The molecule has 0 aliphatic heterocycles. The van der Waals surface area contributed by atoms with Crippen LogP contribution in [0.1, 0.15) is 31.9 Å². The molecule has 0 saturated heterocycles. The van der Waals surface area contributed by atoms with Crippen molar-refractivity contribution in [2.45, 2.75) is 33.1 Å². The molecule has 0 unspecified atom stereocenters. The maximum atomic E-state index is 5.87. The summed E-state index contributed by atoms with van der Waals surface area (Å²) in [4.78, 5) is 0. The third kappa shape index (κ3) is 2.37. The Morgan fingerprint density at radius 1 is 1.23 bits per heavy atom. The molecule has 0 atom stereocenters. The van der Waals surface area contributed by atoms with Crippen molar-refractivity contribution in [3.05, 3.63) is 27.7 Å². The number of benzene rings is 1. The first kappa shape index (κ1) is 10.8. The summed E-state index contributed by atoms with van der Waals surface area (Å²) in [5.41, 5.74) is 3.47. The lowest BCUT2D eigenvalue weighted by molar-refractivity contribution is 0.590. The minimum atomic E-state index is 0.166. The predicted octanol–water partition coefficient (Wildman–Crippen LogP) is 2.85. The van der Waals surface area contributed by atoms with Crippen molar-refractivity contribution in [3.63, 3.8) is 0 Å². The quantitative estimate of drug-likeness (QED) is 0.608. The molecular formula is C11H14BBr. The van der Waals surface area contributed by atoms with Crippen molar-refractivity contribution in [1.82, 2.24) is 0 Å². The van der Waals surface area contributed by atoms with Crippen LogP contribution in [-0.4, -0.2) is 7.85 Å². The first-order valence-electron chi connectivity index (χ1n) is 4.38. The molecule has 68 valence electrons. The molecule has 0 spiro atoms. The van der Waals surface area contributed by atoms with Crippen molar-refractivity contribution in [2.75, 3.05) is 0 Å². The molecule has 0 aliphatic rings. The summed E-state index contributed by atoms with van der Waals surface area (Å²) in [6.45, 7) is 8.63. The molecular weight excluding hydrogens is 223 g/mol. The third-order valence-corrected chi connectivity index (χ3v) is 3.23. The molecule has 2 heteroatoms. The van der Waals surface area contributed by atoms with Gasteiger partial charge in [0.2, 0.25) is 0 Å². The lowest BCUT2D eigenvalue weighted by Gasteiger charge is -2.21. The molecule has 0 nitrogen and oxygen atoms in total. The maximum absolute atomic E-state index is 5.87. The maximum Gasteiger partial charge on any atom is 0.115 e. The number of hydrogen-bond donors (Lipinski definition) is 0. The highest BCUT2D eigenvalue weighted by Gasteiger charge is 2.14. The molecule has 13 heavy (non-hydrogen) atoms. The van der Waals surface area contributed by atoms with Crippen molar-refractivity contribution in [2.24, 2.45) is 0 Å². The second-order valence-electron chi connectivity index (χ2n) is 4.45. The Labute approximate surface area is 90.3 Å². The Kier molecular flexibility index (Phi) is 2.91. The minimum absolute atomic E-state index is 0.166. The molecule has 0 heterocycles. The van der Waals surface area contributed by atoms with E-state index in [1.807, 2.05) is 6.07 Å². The first-order chi connectivity index (χ1) is 5.82. The lowest BCUT2D eigenvalue weighted by atomic mass is 9.82. The van der Waals surface area contributed by atoms with E-state index in [1.54, 1.807) is 0 Å². The Balaban J connectivity index is 3.29. The Bertz CT molecular complexity index is 300. The molecule has 0 fully saturated rings. The number of rotatable bonds is 0. The van der Waals surface area contributed by atoms with Gasteiger partial charge in [-0.05, 0) is 23.5 Å². The predicted molar refractivity (Wildman–Crippen MR) is 63.0 cm³/mol. The van der Waals surface area contributed by atoms with Gasteiger partial charge in [0.25, 0.3) is 0 Å². The van der Waals surface area contributed by atoms with E-state index in [0.29, 0.717) is 0 Å². The van der Waals surface area contributed by atoms with Gasteiger partial charge in [-0.15, -0.1) is 0 Å². The average molecular weight is 237 g/mol. The van der Waals surface area contributed by atoms with Crippen LogP contribution in [0.4, 0.5) is 0 Å². The average Bonchev–Trinajstić information content (AvgIpc) is 1.97. The molecule has 0 saturated carbocycles. The summed E-state index contributed by atoms with van der Waals surface area (Å²) >= 11 is 3.45. The van der Waals surface area contributed by atoms with Gasteiger partial charge in [-0.1, -0.05) is 54.3 Å². The molecule has 2 radical (unpaired) electrons. The molecule has 0 bridgehead atoms. The monoisotopic (exact) mass is 236 g/mol. The smallest absolute Gasteiger partial charge is 0.0822 e. The zero-order valence-electron chi connectivity index (χ0n) is 8.61. The topological polar surface area (TPSA) is 0 Å². The van der Waals surface area contributed by atoms with Crippen LogP contribution in [0.2, 0.25) is 0 Å². The van der Waals surface area contributed by atoms with Crippen LogP contribution in [0.15, 0.2) is 16.6 Å². The van der Waals surface area contributed by atoms with Gasteiger partial charge in [-0.25, -0.2) is 0 Å². The second-order valence-corrected chi connectivity index (χ2v) is 5.24. The van der Waals surface area contributed by atoms with E-state index in [0.717, 1.165) is 9.94 Å². The van der Waals surface area contributed by atoms with Gasteiger partial charge < -0.3 is 0 Å². The zero-order chi connectivity index (χ0) is 10.2. The van der Waals surface area contributed by atoms with Crippen LogP contribution in [0, 0.1) is 6.92 Å². The summed E-state index contributed by atoms with van der Waals surface area (Å²) in [6.07, 6.45) is 0. The second kappa shape index (κ2) is 3.49. The summed E-state index contributed by atoms with van der Waals surface area (Å²) < 4.78 is 1.01. The highest BCUT2D eigenvalue weighted by molar-refractivity contribution is 9.10. The van der Waals surface area contributed by atoms with Gasteiger partial charge in [0.1, 0.15) is 7.85 Å². The first-order valence-corrected chi connectivity index (χ1v) is 5.18. The minimum Gasteiger partial charge on any atom is -0.0822 e. The van der Waals surface area contributed by atoms with Crippen LogP contribution in [0.5, 0.6) is 0 Å². The zero-order valence-corrected chi connectivity index (χ0v) is 10.2. The largest absolute Gasteiger partial charge is 0.115 e. The summed E-state index contributed by atoms with van der Waals surface area (Å²) in [5.74, 6) is 0. The van der Waals surface area contributed by atoms with E-state index in [9.17, 15) is 0 Å². The van der Waals surface area contributed by atoms with Gasteiger partial charge >= 0.3 is 0 Å². The fraction of sp³-hybridized carbons (Fsp3) is 0.455. The van der Waals surface area contributed by atoms with Gasteiger partial charge in [0.15, 0.2) is 0 Å². The Hall–Kier alpha value is -0.235. The van der Waals surface area contributed by atoms with E-state index < -0.39 is 0 Å². The Morgan fingerprint density at radius 2 is 1.77 bits per heavy atom. The highest BCUT2D eigenvalue weighted by Crippen LogP contribution is 2.24. The lowest BCUT2D eigenvalue weighted by Crippen LogP contribution is -2.16. The molecule has 1 aromatic rings. The van der Waals surface area contributed by atoms with E-state index in [1.165, 1.54) is 11.1 Å². The molecule has 0 amide bonds. The molecule has 1 aromatic carbocycles. The molecule has 1 rings (SSSR count). The van der Waals surface area contributed by atoms with Crippen molar-refractivity contribution >= 4 is 29.2 Å². The SMILES string of the molecule is [B]c1cc(C(C)(C)C)cc(C)c1Br. The number of hydrogen-bond acceptors (Lipinski definition) is 0. The molecule has 0 aromatic heterocycles. The normalized spacial score (nSPS) is 11.8. The summed E-state index contributed by atoms with van der Waals surface area (Å²) in [5, 5.41) is 0. The van der Waals surface area contributed by atoms with Gasteiger partial charge in [0.05, 0.1) is 0 Å². The fourth-order valence-electron chi connectivity index (χ4n) is 1.23. The fourth-order valence-corrected chi connectivity index (χ4v) is 1.46. The Morgan fingerprint density at radius 3 is 2.15 bits per heavy atom. The number of halogens is 1. The summed E-state index contributed by atoms with van der Waals surface area (Å²) in [6, 6.07) is 4.22. The van der Waals surface area contributed by atoms with E-state index in [-0.39, 0.29) is 5.41 Å². The van der Waals surface area contributed by atoms with Crippen molar-refractivity contribution < 1.29 is 0 Å². The molecule has 0 aliphatic carbocycles. The van der Waals surface area contributed by atoms with E-state index >= 15 is 0 Å². The summed E-state index contributed by atoms with van der Waals surface area (Å²) in [7, 11) is 5.87. The van der Waals surface area contributed by atoms with Crippen LogP contribution in [0.3, 0.4) is 0 Å². The van der Waals surface area contributed by atoms with E-state index in [4.69, 9.17) is 7.85 Å². The van der Waals surface area contributed by atoms with Crippen molar-refractivity contribution in [3.8, 4) is 0 Å². The number of aryl methyl sites for hydroxylation is 1. The van der Waals surface area contributed by atoms with Gasteiger partial charge in [-0.3, -0.25) is 0 Å². The van der Waals surface area contributed by atoms with Crippen LogP contribution < -0.4 is 5.46 Å². The van der Waals surface area contributed by atoms with E-state index in [2.05, 4.69) is 49.7 Å².